The average Bonchev–Trinajstić information content (AvgIpc) is 2.81. The molecule has 0 bridgehead atoms. The van der Waals surface area contributed by atoms with E-state index in [1.54, 1.807) is 0 Å². The summed E-state index contributed by atoms with van der Waals surface area (Å²) in [5.74, 6) is 0. The molecule has 4 heteroatoms. The Kier molecular flexibility index (Phi) is 5.76. The Morgan fingerprint density at radius 2 is 2.00 bits per heavy atom. The first-order chi connectivity index (χ1) is 9.35. The molecular weight excluding hydrogens is 248 g/mol. The van der Waals surface area contributed by atoms with Gasteiger partial charge in [-0.05, 0) is 46.6 Å². The highest BCUT2D eigenvalue weighted by molar-refractivity contribution is 5.12. The Morgan fingerprint density at radius 3 is 2.45 bits per heavy atom. The lowest BCUT2D eigenvalue weighted by atomic mass is 9.94. The lowest BCUT2D eigenvalue weighted by molar-refractivity contribution is 0.310. The van der Waals surface area contributed by atoms with Gasteiger partial charge in [-0.2, -0.15) is 10.4 Å². The van der Waals surface area contributed by atoms with Crippen molar-refractivity contribution in [2.24, 2.45) is 0 Å². The van der Waals surface area contributed by atoms with Crippen LogP contribution in [0.2, 0.25) is 0 Å². The first-order valence-corrected chi connectivity index (χ1v) is 7.61. The van der Waals surface area contributed by atoms with E-state index >= 15 is 0 Å². The van der Waals surface area contributed by atoms with Crippen molar-refractivity contribution >= 4 is 0 Å². The molecule has 4 nitrogen and oxygen atoms in total. The smallest absolute Gasteiger partial charge is 0.106 e. The molecule has 2 unspecified atom stereocenters. The number of hydrogen-bond donors (Lipinski definition) is 1. The van der Waals surface area contributed by atoms with Crippen LogP contribution >= 0.6 is 0 Å². The van der Waals surface area contributed by atoms with Crippen molar-refractivity contribution in [3.63, 3.8) is 0 Å². The molecule has 0 radical (unpaired) electrons. The van der Waals surface area contributed by atoms with Gasteiger partial charge in [0.05, 0.1) is 17.8 Å². The largest absolute Gasteiger partial charge is 0.297 e. The zero-order valence-electron chi connectivity index (χ0n) is 13.7. The Balaban J connectivity index is 2.92. The molecule has 20 heavy (non-hydrogen) atoms. The van der Waals surface area contributed by atoms with E-state index in [-0.39, 0.29) is 6.04 Å². The molecule has 0 spiro atoms. The molecule has 1 heterocycles. The summed E-state index contributed by atoms with van der Waals surface area (Å²) in [4.78, 5) is 0. The number of rotatable bonds is 7. The van der Waals surface area contributed by atoms with Crippen LogP contribution < -0.4 is 5.32 Å². The van der Waals surface area contributed by atoms with Crippen molar-refractivity contribution in [2.45, 2.75) is 78.4 Å². The third kappa shape index (κ3) is 4.08. The monoisotopic (exact) mass is 276 g/mol. The van der Waals surface area contributed by atoms with Gasteiger partial charge >= 0.3 is 0 Å². The normalized spacial score (nSPS) is 15.9. The average molecular weight is 276 g/mol. The Hall–Kier alpha value is -1.34. The molecule has 0 aromatic carbocycles. The molecule has 2 atom stereocenters. The Bertz CT molecular complexity index is 469. The van der Waals surface area contributed by atoms with Gasteiger partial charge < -0.3 is 0 Å². The van der Waals surface area contributed by atoms with E-state index in [1.807, 2.05) is 6.92 Å². The number of aromatic nitrogens is 2. The molecule has 0 aliphatic carbocycles. The zero-order valence-corrected chi connectivity index (χ0v) is 13.7. The number of nitriles is 1. The summed E-state index contributed by atoms with van der Waals surface area (Å²) in [6.45, 7) is 12.5. The summed E-state index contributed by atoms with van der Waals surface area (Å²) < 4.78 is 2.09. The van der Waals surface area contributed by atoms with Crippen LogP contribution in [-0.2, 0) is 12.8 Å². The van der Waals surface area contributed by atoms with Crippen molar-refractivity contribution in [1.82, 2.24) is 15.1 Å². The van der Waals surface area contributed by atoms with Crippen LogP contribution in [0, 0.1) is 11.3 Å². The first-order valence-electron chi connectivity index (χ1n) is 7.61. The summed E-state index contributed by atoms with van der Waals surface area (Å²) in [6, 6.07) is 5.10. The second-order valence-corrected chi connectivity index (χ2v) is 6.07. The van der Waals surface area contributed by atoms with Gasteiger partial charge in [0, 0.05) is 18.2 Å². The summed E-state index contributed by atoms with van der Waals surface area (Å²) in [7, 11) is 0. The minimum absolute atomic E-state index is 0.209. The van der Waals surface area contributed by atoms with Gasteiger partial charge in [0.15, 0.2) is 0 Å². The molecule has 0 saturated heterocycles. The fourth-order valence-electron chi connectivity index (χ4n) is 2.76. The van der Waals surface area contributed by atoms with E-state index in [0.717, 1.165) is 25.0 Å². The number of aryl methyl sites for hydroxylation is 2. The van der Waals surface area contributed by atoms with Crippen LogP contribution in [0.1, 0.15) is 65.4 Å². The number of nitrogens with zero attached hydrogens (tertiary/aromatic N) is 3. The minimum Gasteiger partial charge on any atom is -0.297 e. The van der Waals surface area contributed by atoms with E-state index in [1.165, 1.54) is 5.69 Å². The van der Waals surface area contributed by atoms with Gasteiger partial charge in [0.1, 0.15) is 5.54 Å². The van der Waals surface area contributed by atoms with Crippen molar-refractivity contribution in [1.29, 1.82) is 5.26 Å². The van der Waals surface area contributed by atoms with Crippen LogP contribution in [0.15, 0.2) is 6.07 Å². The van der Waals surface area contributed by atoms with E-state index in [4.69, 9.17) is 0 Å². The van der Waals surface area contributed by atoms with E-state index in [2.05, 4.69) is 61.9 Å². The molecule has 1 N–H and O–H groups in total. The molecule has 1 aromatic heterocycles. The van der Waals surface area contributed by atoms with Gasteiger partial charge in [-0.15, -0.1) is 0 Å². The fourth-order valence-corrected chi connectivity index (χ4v) is 2.76. The van der Waals surface area contributed by atoms with Crippen LogP contribution in [0.3, 0.4) is 0 Å². The zero-order chi connectivity index (χ0) is 15.3. The quantitative estimate of drug-likeness (QED) is 0.831. The fraction of sp³-hybridized carbons (Fsp3) is 0.750. The number of hydrogen-bond acceptors (Lipinski definition) is 3. The van der Waals surface area contributed by atoms with Gasteiger partial charge in [-0.3, -0.25) is 10.00 Å². The third-order valence-corrected chi connectivity index (χ3v) is 3.56. The summed E-state index contributed by atoms with van der Waals surface area (Å²) in [5, 5.41) is 17.5. The second-order valence-electron chi connectivity index (χ2n) is 6.07. The lowest BCUT2D eigenvalue weighted by Gasteiger charge is -2.29. The molecule has 112 valence electrons. The van der Waals surface area contributed by atoms with Crippen molar-refractivity contribution in [3.05, 3.63) is 17.5 Å². The maximum Gasteiger partial charge on any atom is 0.106 e. The van der Waals surface area contributed by atoms with Gasteiger partial charge in [-0.25, -0.2) is 0 Å². The Labute approximate surface area is 123 Å². The summed E-state index contributed by atoms with van der Waals surface area (Å²) in [5.41, 5.74) is 1.86. The van der Waals surface area contributed by atoms with Crippen molar-refractivity contribution in [2.75, 3.05) is 0 Å². The topological polar surface area (TPSA) is 53.6 Å². The lowest BCUT2D eigenvalue weighted by Crippen LogP contribution is -2.46. The van der Waals surface area contributed by atoms with Crippen LogP contribution in [0.5, 0.6) is 0 Å². The maximum atomic E-state index is 9.47. The van der Waals surface area contributed by atoms with Crippen molar-refractivity contribution in [3.8, 4) is 6.07 Å². The molecule has 1 rings (SSSR count). The van der Waals surface area contributed by atoms with Crippen molar-refractivity contribution < 1.29 is 0 Å². The molecule has 0 aliphatic rings. The van der Waals surface area contributed by atoms with Gasteiger partial charge in [0.2, 0.25) is 0 Å². The number of nitrogens with one attached hydrogen (secondary N) is 1. The maximum absolute atomic E-state index is 9.47. The van der Waals surface area contributed by atoms with Crippen LogP contribution in [0.4, 0.5) is 0 Å². The molecule has 0 saturated carbocycles. The minimum atomic E-state index is -0.517. The first kappa shape index (κ1) is 16.7. The highest BCUT2D eigenvalue weighted by Crippen LogP contribution is 2.23. The van der Waals surface area contributed by atoms with Crippen LogP contribution in [-0.4, -0.2) is 21.4 Å². The predicted molar refractivity (Wildman–Crippen MR) is 82.6 cm³/mol. The third-order valence-electron chi connectivity index (χ3n) is 3.56. The summed E-state index contributed by atoms with van der Waals surface area (Å²) in [6.07, 6.45) is 2.67. The predicted octanol–water partition coefficient (Wildman–Crippen LogP) is 3.24. The molecule has 0 aliphatic heterocycles. The van der Waals surface area contributed by atoms with E-state index < -0.39 is 5.54 Å². The molecule has 1 aromatic rings. The van der Waals surface area contributed by atoms with Gasteiger partial charge in [0.25, 0.3) is 0 Å². The standard InChI is InChI=1S/C16H28N4/c1-7-14-9-15(8-2)20(19-14)13(5)10-16(6,11-17)18-12(3)4/h9,12-13,18H,7-8,10H2,1-6H3. The molecular formula is C16H28N4. The Morgan fingerprint density at radius 1 is 1.35 bits per heavy atom. The van der Waals surface area contributed by atoms with Gasteiger partial charge in [-0.1, -0.05) is 13.8 Å². The highest BCUT2D eigenvalue weighted by atomic mass is 15.3. The second kappa shape index (κ2) is 6.90. The SMILES string of the molecule is CCc1cc(CC)n(C(C)CC(C)(C#N)NC(C)C)n1. The van der Waals surface area contributed by atoms with E-state index in [0.29, 0.717) is 6.04 Å². The van der Waals surface area contributed by atoms with Crippen LogP contribution in [0.25, 0.3) is 0 Å². The van der Waals surface area contributed by atoms with E-state index in [9.17, 15) is 5.26 Å². The summed E-state index contributed by atoms with van der Waals surface area (Å²) >= 11 is 0. The molecule has 0 fully saturated rings. The highest BCUT2D eigenvalue weighted by Gasteiger charge is 2.28. The molecule has 0 amide bonds.